The van der Waals surface area contributed by atoms with E-state index >= 15 is 0 Å². The van der Waals surface area contributed by atoms with Crippen molar-refractivity contribution < 1.29 is 19.0 Å². The zero-order valence-corrected chi connectivity index (χ0v) is 20.4. The predicted octanol–water partition coefficient (Wildman–Crippen LogP) is 5.36. The summed E-state index contributed by atoms with van der Waals surface area (Å²) in [5, 5.41) is 0. The summed E-state index contributed by atoms with van der Waals surface area (Å²) in [5.74, 6) is 1.89. The minimum absolute atomic E-state index is 0.107. The zero-order chi connectivity index (χ0) is 21.8. The Labute approximate surface area is 194 Å². The first-order valence-electron chi connectivity index (χ1n) is 9.22. The molecule has 30 heavy (non-hydrogen) atoms. The number of rotatable bonds is 7. The molecule has 8 heteroatoms. The number of ether oxygens (including phenoxy) is 3. The van der Waals surface area contributed by atoms with Crippen molar-refractivity contribution in [1.82, 2.24) is 4.90 Å². The fraction of sp³-hybridized carbons (Fsp3) is 0.273. The van der Waals surface area contributed by atoms with Crippen LogP contribution in [0.3, 0.4) is 0 Å². The number of benzene rings is 2. The fourth-order valence-electron chi connectivity index (χ4n) is 2.92. The van der Waals surface area contributed by atoms with Crippen LogP contribution in [0.4, 0.5) is 0 Å². The van der Waals surface area contributed by atoms with Crippen molar-refractivity contribution in [3.05, 3.63) is 56.4 Å². The molecule has 0 unspecified atom stereocenters. The van der Waals surface area contributed by atoms with Gasteiger partial charge in [0.25, 0.3) is 5.91 Å². The van der Waals surface area contributed by atoms with E-state index in [0.717, 1.165) is 21.3 Å². The van der Waals surface area contributed by atoms with Gasteiger partial charge in [-0.05, 0) is 65.2 Å². The number of amides is 1. The Hall–Kier alpha value is -2.03. The van der Waals surface area contributed by atoms with Crippen LogP contribution in [0.2, 0.25) is 0 Å². The molecule has 0 saturated carbocycles. The third-order valence-corrected chi connectivity index (χ3v) is 6.53. The highest BCUT2D eigenvalue weighted by molar-refractivity contribution is 9.10. The summed E-state index contributed by atoms with van der Waals surface area (Å²) in [4.78, 5) is 14.3. The molecule has 0 N–H and O–H groups in total. The predicted molar refractivity (Wildman–Crippen MR) is 129 cm³/mol. The normalized spacial score (nSPS) is 15.1. The van der Waals surface area contributed by atoms with Gasteiger partial charge in [0.1, 0.15) is 23.3 Å². The minimum Gasteiger partial charge on any atom is -0.493 e. The van der Waals surface area contributed by atoms with Crippen LogP contribution in [-0.2, 0) is 4.79 Å². The van der Waals surface area contributed by atoms with Crippen LogP contribution in [0.15, 0.2) is 39.7 Å². The Bertz CT molecular complexity index is 1020. The van der Waals surface area contributed by atoms with Crippen LogP contribution in [0.25, 0.3) is 6.08 Å². The molecule has 158 valence electrons. The van der Waals surface area contributed by atoms with Gasteiger partial charge in [0.15, 0.2) is 11.5 Å². The molecule has 1 aliphatic rings. The highest BCUT2D eigenvalue weighted by Gasteiger charge is 2.28. The summed E-state index contributed by atoms with van der Waals surface area (Å²) in [6.45, 7) is 4.83. The van der Waals surface area contributed by atoms with Crippen LogP contribution in [0.1, 0.15) is 16.7 Å². The molecule has 0 aromatic heterocycles. The van der Waals surface area contributed by atoms with E-state index in [1.165, 1.54) is 22.2 Å². The first-order chi connectivity index (χ1) is 14.3. The average Bonchev–Trinajstić information content (AvgIpc) is 2.94. The molecule has 0 radical (unpaired) electrons. The Morgan fingerprint density at radius 1 is 1.13 bits per heavy atom. The summed E-state index contributed by atoms with van der Waals surface area (Å²) in [7, 11) is 3.25. The molecule has 2 aromatic rings. The van der Waals surface area contributed by atoms with Gasteiger partial charge in [-0.2, -0.15) is 0 Å². The van der Waals surface area contributed by atoms with Crippen molar-refractivity contribution in [3.63, 3.8) is 0 Å². The fourth-order valence-corrected chi connectivity index (χ4v) is 4.67. The monoisotopic (exact) mass is 507 g/mol. The first kappa shape index (κ1) is 22.7. The zero-order valence-electron chi connectivity index (χ0n) is 17.2. The number of thioether (sulfide) groups is 1. The molecule has 5 nitrogen and oxygen atoms in total. The molecule has 1 heterocycles. The van der Waals surface area contributed by atoms with E-state index in [1.54, 1.807) is 20.2 Å². The van der Waals surface area contributed by atoms with Gasteiger partial charge in [0.2, 0.25) is 0 Å². The molecule has 0 bridgehead atoms. The number of likely N-dealkylation sites (N-methyl/N-ethyl adjacent to an activating group) is 1. The molecule has 0 aliphatic carbocycles. The van der Waals surface area contributed by atoms with Crippen LogP contribution in [0, 0.1) is 13.8 Å². The Balaban J connectivity index is 1.68. The van der Waals surface area contributed by atoms with Crippen LogP contribution in [-0.4, -0.2) is 42.5 Å². The van der Waals surface area contributed by atoms with E-state index in [-0.39, 0.29) is 5.91 Å². The molecule has 3 rings (SSSR count). The number of carbonyl (C=O) groups is 1. The van der Waals surface area contributed by atoms with Crippen molar-refractivity contribution in [1.29, 1.82) is 0 Å². The molecular weight excluding hydrogens is 486 g/mol. The SMILES string of the molecule is COc1cc(/C=C2\SC(=S)N(C)C2=O)cc(Br)c1OCCOc1ccc(C)cc1C. The lowest BCUT2D eigenvalue weighted by molar-refractivity contribution is -0.121. The lowest BCUT2D eigenvalue weighted by Crippen LogP contribution is -2.22. The lowest BCUT2D eigenvalue weighted by atomic mass is 10.1. The second kappa shape index (κ2) is 9.85. The lowest BCUT2D eigenvalue weighted by Gasteiger charge is -2.15. The first-order valence-corrected chi connectivity index (χ1v) is 11.2. The highest BCUT2D eigenvalue weighted by atomic mass is 79.9. The summed E-state index contributed by atoms with van der Waals surface area (Å²) in [5.41, 5.74) is 3.10. The minimum atomic E-state index is -0.107. The Morgan fingerprint density at radius 2 is 1.87 bits per heavy atom. The van der Waals surface area contributed by atoms with Crippen LogP contribution < -0.4 is 14.2 Å². The molecule has 1 amide bonds. The van der Waals surface area contributed by atoms with Gasteiger partial charge in [-0.1, -0.05) is 41.7 Å². The van der Waals surface area contributed by atoms with E-state index in [4.69, 9.17) is 26.4 Å². The quantitative estimate of drug-likeness (QED) is 0.285. The smallest absolute Gasteiger partial charge is 0.265 e. The molecule has 0 atom stereocenters. The molecule has 1 fully saturated rings. The van der Waals surface area contributed by atoms with Gasteiger partial charge in [0, 0.05) is 7.05 Å². The van der Waals surface area contributed by atoms with Crippen molar-refractivity contribution in [3.8, 4) is 17.2 Å². The summed E-state index contributed by atoms with van der Waals surface area (Å²) in [6, 6.07) is 9.78. The molecule has 1 saturated heterocycles. The number of hydrogen-bond acceptors (Lipinski definition) is 6. The second-order valence-electron chi connectivity index (χ2n) is 6.74. The van der Waals surface area contributed by atoms with E-state index in [1.807, 2.05) is 31.2 Å². The third kappa shape index (κ3) is 5.17. The van der Waals surface area contributed by atoms with Gasteiger partial charge in [0.05, 0.1) is 16.5 Å². The number of aryl methyl sites for hydroxylation is 2. The Morgan fingerprint density at radius 3 is 2.50 bits per heavy atom. The Kier molecular flexibility index (Phi) is 7.44. The van der Waals surface area contributed by atoms with E-state index < -0.39 is 0 Å². The molecule has 2 aromatic carbocycles. The summed E-state index contributed by atoms with van der Waals surface area (Å²) >= 11 is 10.0. The van der Waals surface area contributed by atoms with Gasteiger partial charge >= 0.3 is 0 Å². The standard InChI is InChI=1S/C22H22BrNO4S2/c1-13-5-6-17(14(2)9-13)27-7-8-28-20-16(23)10-15(11-18(20)26-4)12-19-21(25)24(3)22(29)30-19/h5-6,9-12H,7-8H2,1-4H3/b19-12-. The average molecular weight is 508 g/mol. The van der Waals surface area contributed by atoms with Crippen molar-refractivity contribution in [2.75, 3.05) is 27.4 Å². The summed E-state index contributed by atoms with van der Waals surface area (Å²) in [6.07, 6.45) is 1.79. The van der Waals surface area contributed by atoms with Crippen molar-refractivity contribution in [2.45, 2.75) is 13.8 Å². The van der Waals surface area contributed by atoms with Crippen molar-refractivity contribution >= 4 is 56.2 Å². The third-order valence-electron chi connectivity index (χ3n) is 4.45. The van der Waals surface area contributed by atoms with Gasteiger partial charge in [-0.15, -0.1) is 0 Å². The van der Waals surface area contributed by atoms with Gasteiger partial charge in [-0.25, -0.2) is 0 Å². The molecule has 1 aliphatic heterocycles. The van der Waals surface area contributed by atoms with Crippen molar-refractivity contribution in [2.24, 2.45) is 0 Å². The van der Waals surface area contributed by atoms with E-state index in [2.05, 4.69) is 28.9 Å². The maximum Gasteiger partial charge on any atom is 0.265 e. The van der Waals surface area contributed by atoms with Crippen LogP contribution in [0.5, 0.6) is 17.2 Å². The number of hydrogen-bond donors (Lipinski definition) is 0. The largest absolute Gasteiger partial charge is 0.493 e. The number of carbonyl (C=O) groups excluding carboxylic acids is 1. The van der Waals surface area contributed by atoms with Gasteiger partial charge < -0.3 is 14.2 Å². The summed E-state index contributed by atoms with van der Waals surface area (Å²) < 4.78 is 18.5. The van der Waals surface area contributed by atoms with E-state index in [9.17, 15) is 4.79 Å². The second-order valence-corrected chi connectivity index (χ2v) is 9.27. The number of methoxy groups -OCH3 is 1. The topological polar surface area (TPSA) is 48.0 Å². The van der Waals surface area contributed by atoms with E-state index in [0.29, 0.717) is 33.9 Å². The highest BCUT2D eigenvalue weighted by Crippen LogP contribution is 2.39. The van der Waals surface area contributed by atoms with Crippen LogP contribution >= 0.6 is 39.9 Å². The number of nitrogens with zero attached hydrogens (tertiary/aromatic N) is 1. The van der Waals surface area contributed by atoms with Gasteiger partial charge in [-0.3, -0.25) is 9.69 Å². The number of halogens is 1. The molecule has 0 spiro atoms. The maximum absolute atomic E-state index is 12.2. The molecular formula is C22H22BrNO4S2. The number of thiocarbonyl (C=S) groups is 1. The maximum atomic E-state index is 12.2.